The summed E-state index contributed by atoms with van der Waals surface area (Å²) < 4.78 is 38.2. The quantitative estimate of drug-likeness (QED) is 0.775. The van der Waals surface area contributed by atoms with E-state index in [4.69, 9.17) is 5.73 Å². The highest BCUT2D eigenvalue weighted by Gasteiger charge is 2.41. The minimum absolute atomic E-state index is 0. The van der Waals surface area contributed by atoms with Crippen molar-refractivity contribution in [3.05, 3.63) is 16.1 Å². The minimum Gasteiger partial charge on any atom is -0.347 e. The topological polar surface area (TPSA) is 68.0 Å². The molecule has 3 atom stereocenters. The maximum atomic E-state index is 12.7. The zero-order valence-electron chi connectivity index (χ0n) is 14.6. The molecule has 4 nitrogen and oxygen atoms in total. The van der Waals surface area contributed by atoms with Crippen LogP contribution < -0.4 is 11.1 Å². The van der Waals surface area contributed by atoms with Gasteiger partial charge in [0.2, 0.25) is 5.91 Å². The molecule has 2 aliphatic rings. The van der Waals surface area contributed by atoms with Crippen molar-refractivity contribution in [1.29, 1.82) is 0 Å². The zero-order valence-corrected chi connectivity index (χ0v) is 16.2. The molecule has 3 unspecified atom stereocenters. The Kier molecular flexibility index (Phi) is 6.96. The zero-order chi connectivity index (χ0) is 18.2. The fourth-order valence-electron chi connectivity index (χ4n) is 4.21. The second-order valence-corrected chi connectivity index (χ2v) is 8.12. The van der Waals surface area contributed by atoms with Crippen LogP contribution in [0.25, 0.3) is 0 Å². The summed E-state index contributed by atoms with van der Waals surface area (Å²) in [6, 6.07) is -0.280. The summed E-state index contributed by atoms with van der Waals surface area (Å²) in [5.74, 6) is 0.616. The lowest BCUT2D eigenvalue weighted by atomic mass is 9.65. The van der Waals surface area contributed by atoms with Crippen molar-refractivity contribution in [2.45, 2.75) is 63.7 Å². The van der Waals surface area contributed by atoms with Crippen LogP contribution in [-0.4, -0.2) is 16.9 Å². The Morgan fingerprint density at radius 2 is 2.00 bits per heavy atom. The largest absolute Gasteiger partial charge is 0.434 e. The van der Waals surface area contributed by atoms with Gasteiger partial charge in [-0.25, -0.2) is 4.98 Å². The van der Waals surface area contributed by atoms with Crippen molar-refractivity contribution >= 4 is 29.7 Å². The fraction of sp³-hybridized carbons (Fsp3) is 0.765. The first kappa shape index (κ1) is 21.4. The van der Waals surface area contributed by atoms with Gasteiger partial charge in [0.25, 0.3) is 0 Å². The minimum atomic E-state index is -4.45. The Labute approximate surface area is 161 Å². The molecule has 3 rings (SSSR count). The van der Waals surface area contributed by atoms with Gasteiger partial charge in [0, 0.05) is 17.3 Å². The normalized spacial score (nSPS) is 29.6. The van der Waals surface area contributed by atoms with Crippen molar-refractivity contribution in [2.75, 3.05) is 0 Å². The predicted octanol–water partition coefficient (Wildman–Crippen LogP) is 4.30. The van der Waals surface area contributed by atoms with E-state index < -0.39 is 17.9 Å². The fourth-order valence-corrected chi connectivity index (χ4v) is 5.17. The number of carbonyl (C=O) groups excluding carboxylic acids is 1. The number of nitrogens with zero attached hydrogens (tertiary/aromatic N) is 1. The third kappa shape index (κ3) is 4.51. The highest BCUT2D eigenvalue weighted by Crippen LogP contribution is 2.42. The molecule has 1 aromatic rings. The molecule has 0 radical (unpaired) electrons. The van der Waals surface area contributed by atoms with E-state index in [1.54, 1.807) is 0 Å². The van der Waals surface area contributed by atoms with E-state index in [2.05, 4.69) is 10.3 Å². The van der Waals surface area contributed by atoms with Gasteiger partial charge in [-0.05, 0) is 43.9 Å². The molecule has 1 amide bonds. The van der Waals surface area contributed by atoms with Crippen LogP contribution in [0, 0.1) is 17.8 Å². The van der Waals surface area contributed by atoms with Crippen molar-refractivity contribution in [3.8, 4) is 0 Å². The van der Waals surface area contributed by atoms with Gasteiger partial charge in [-0.2, -0.15) is 13.2 Å². The summed E-state index contributed by atoms with van der Waals surface area (Å²) in [4.78, 5) is 16.4. The van der Waals surface area contributed by atoms with Crippen LogP contribution in [0.2, 0.25) is 0 Å². The van der Waals surface area contributed by atoms with E-state index in [-0.39, 0.29) is 30.3 Å². The monoisotopic (exact) mass is 411 g/mol. The van der Waals surface area contributed by atoms with Gasteiger partial charge in [-0.15, -0.1) is 23.7 Å². The van der Waals surface area contributed by atoms with Crippen LogP contribution in [0.3, 0.4) is 0 Å². The molecule has 9 heteroatoms. The van der Waals surface area contributed by atoms with Crippen molar-refractivity contribution < 1.29 is 18.0 Å². The van der Waals surface area contributed by atoms with Crippen molar-refractivity contribution in [2.24, 2.45) is 23.5 Å². The number of carbonyl (C=O) groups is 1. The number of halogens is 4. The van der Waals surface area contributed by atoms with Gasteiger partial charge in [0.1, 0.15) is 5.01 Å². The van der Waals surface area contributed by atoms with Gasteiger partial charge >= 0.3 is 6.18 Å². The molecule has 0 aliphatic heterocycles. The summed E-state index contributed by atoms with van der Waals surface area (Å²) in [5, 5.41) is 4.25. The first-order valence-corrected chi connectivity index (χ1v) is 9.76. The SMILES string of the molecule is CCC(NC(=O)C1CC2CCCC(C1)C2N)c1nc(C(F)(F)F)cs1.Cl. The van der Waals surface area contributed by atoms with Crippen LogP contribution in [-0.2, 0) is 11.0 Å². The Hall–Kier alpha value is -0.860. The lowest BCUT2D eigenvalue weighted by Gasteiger charge is -2.43. The Bertz CT molecular complexity index is 611. The van der Waals surface area contributed by atoms with Gasteiger partial charge in [0.05, 0.1) is 6.04 Å². The van der Waals surface area contributed by atoms with Crippen LogP contribution in [0.15, 0.2) is 5.38 Å². The highest BCUT2D eigenvalue weighted by atomic mass is 35.5. The molecule has 0 saturated heterocycles. The molecule has 26 heavy (non-hydrogen) atoms. The maximum absolute atomic E-state index is 12.7. The molecule has 3 N–H and O–H groups in total. The second-order valence-electron chi connectivity index (χ2n) is 7.23. The molecule has 0 spiro atoms. The average molecular weight is 412 g/mol. The summed E-state index contributed by atoms with van der Waals surface area (Å²) >= 11 is 0.949. The smallest absolute Gasteiger partial charge is 0.347 e. The van der Waals surface area contributed by atoms with E-state index in [9.17, 15) is 18.0 Å². The Morgan fingerprint density at radius 3 is 2.50 bits per heavy atom. The molecule has 2 saturated carbocycles. The third-order valence-electron chi connectivity index (χ3n) is 5.62. The molecule has 1 heterocycles. The number of rotatable bonds is 4. The van der Waals surface area contributed by atoms with E-state index >= 15 is 0 Å². The van der Waals surface area contributed by atoms with Gasteiger partial charge in [0.15, 0.2) is 5.69 Å². The number of alkyl halides is 3. The van der Waals surface area contributed by atoms with Crippen LogP contribution in [0.1, 0.15) is 62.2 Å². The third-order valence-corrected chi connectivity index (χ3v) is 6.58. The number of amides is 1. The molecular weight excluding hydrogens is 387 g/mol. The number of thiazole rings is 1. The molecule has 1 aromatic heterocycles. The Morgan fingerprint density at radius 1 is 1.38 bits per heavy atom. The first-order valence-electron chi connectivity index (χ1n) is 8.88. The van der Waals surface area contributed by atoms with E-state index in [1.807, 2.05) is 6.92 Å². The number of hydrogen-bond acceptors (Lipinski definition) is 4. The number of aromatic nitrogens is 1. The van der Waals surface area contributed by atoms with Crippen LogP contribution >= 0.6 is 23.7 Å². The molecular formula is C17H25ClF3N3OS. The Balaban J connectivity index is 0.00000243. The predicted molar refractivity (Wildman–Crippen MR) is 97.1 cm³/mol. The molecule has 2 fully saturated rings. The maximum Gasteiger partial charge on any atom is 0.434 e. The lowest BCUT2D eigenvalue weighted by molar-refractivity contribution is -0.140. The summed E-state index contributed by atoms with van der Waals surface area (Å²) in [7, 11) is 0. The van der Waals surface area contributed by atoms with E-state index in [0.29, 0.717) is 23.3 Å². The van der Waals surface area contributed by atoms with E-state index in [1.165, 1.54) is 6.42 Å². The van der Waals surface area contributed by atoms with E-state index in [0.717, 1.165) is 42.4 Å². The van der Waals surface area contributed by atoms with Gasteiger partial charge in [-0.3, -0.25) is 4.79 Å². The molecule has 0 aromatic carbocycles. The summed E-state index contributed by atoms with van der Waals surface area (Å²) in [5.41, 5.74) is 5.37. The van der Waals surface area contributed by atoms with Crippen LogP contribution in [0.5, 0.6) is 0 Å². The number of fused-ring (bicyclic) bond motifs is 2. The van der Waals surface area contributed by atoms with Crippen molar-refractivity contribution in [3.63, 3.8) is 0 Å². The highest BCUT2D eigenvalue weighted by molar-refractivity contribution is 7.09. The lowest BCUT2D eigenvalue weighted by Crippen LogP contribution is -2.49. The summed E-state index contributed by atoms with van der Waals surface area (Å²) in [6.07, 6.45) is 0.940. The summed E-state index contributed by atoms with van der Waals surface area (Å²) in [6.45, 7) is 1.84. The number of nitrogens with one attached hydrogen (secondary N) is 1. The molecule has 2 aliphatic carbocycles. The molecule has 148 valence electrons. The van der Waals surface area contributed by atoms with Crippen molar-refractivity contribution in [1.82, 2.24) is 10.3 Å². The second kappa shape index (κ2) is 8.44. The average Bonchev–Trinajstić information content (AvgIpc) is 3.02. The number of hydrogen-bond donors (Lipinski definition) is 2. The van der Waals surface area contributed by atoms with Crippen LogP contribution in [0.4, 0.5) is 13.2 Å². The molecule has 2 bridgehead atoms. The number of nitrogens with two attached hydrogens (primary N) is 1. The van der Waals surface area contributed by atoms with Gasteiger partial charge < -0.3 is 11.1 Å². The standard InChI is InChI=1S/C17H24F3N3OS.ClH/c1-2-12(16-23-13(8-25-16)17(18,19)20)22-15(24)11-6-9-4-3-5-10(7-11)14(9)21;/h8-12,14H,2-7,21H2,1H3,(H,22,24);1H. The first-order chi connectivity index (χ1) is 11.8. The van der Waals surface area contributed by atoms with Gasteiger partial charge in [-0.1, -0.05) is 13.3 Å².